The molecule has 2 rings (SSSR count). The Morgan fingerprint density at radius 2 is 2.28 bits per heavy atom. The molecule has 1 saturated heterocycles. The summed E-state index contributed by atoms with van der Waals surface area (Å²) in [5.74, 6) is 0. The van der Waals surface area contributed by atoms with E-state index in [0.717, 1.165) is 18.4 Å². The van der Waals surface area contributed by atoms with Gasteiger partial charge in [0.25, 0.3) is 5.69 Å². The first-order valence-electron chi connectivity index (χ1n) is 6.20. The summed E-state index contributed by atoms with van der Waals surface area (Å²) in [7, 11) is 0. The molecule has 5 nitrogen and oxygen atoms in total. The van der Waals surface area contributed by atoms with Crippen LogP contribution in [0.2, 0.25) is 0 Å². The number of benzene rings is 1. The number of rotatable bonds is 4. The molecule has 18 heavy (non-hydrogen) atoms. The summed E-state index contributed by atoms with van der Waals surface area (Å²) in [5.41, 5.74) is 1.69. The number of aryl methyl sites for hydroxylation is 1. The normalized spacial score (nSPS) is 23.0. The van der Waals surface area contributed by atoms with E-state index in [1.54, 1.807) is 12.1 Å². The van der Waals surface area contributed by atoms with Crippen molar-refractivity contribution in [2.75, 3.05) is 11.9 Å². The van der Waals surface area contributed by atoms with E-state index in [2.05, 4.69) is 12.2 Å². The minimum Gasteiger partial charge on any atom is -0.377 e. The van der Waals surface area contributed by atoms with Crippen molar-refractivity contribution >= 4 is 11.4 Å². The lowest BCUT2D eigenvalue weighted by Crippen LogP contribution is -2.20. The van der Waals surface area contributed by atoms with E-state index >= 15 is 0 Å². The Kier molecular flexibility index (Phi) is 3.81. The van der Waals surface area contributed by atoms with Crippen LogP contribution >= 0.6 is 0 Å². The van der Waals surface area contributed by atoms with Gasteiger partial charge in [-0.05, 0) is 38.3 Å². The van der Waals surface area contributed by atoms with E-state index in [-0.39, 0.29) is 16.7 Å². The Morgan fingerprint density at radius 1 is 1.50 bits per heavy atom. The molecule has 0 aromatic heterocycles. The van der Waals surface area contributed by atoms with Gasteiger partial charge >= 0.3 is 0 Å². The molecular weight excluding hydrogens is 232 g/mol. The van der Waals surface area contributed by atoms with E-state index in [1.165, 1.54) is 6.07 Å². The van der Waals surface area contributed by atoms with Crippen molar-refractivity contribution in [1.82, 2.24) is 0 Å². The van der Waals surface area contributed by atoms with E-state index in [0.29, 0.717) is 18.3 Å². The van der Waals surface area contributed by atoms with Gasteiger partial charge in [-0.2, -0.15) is 0 Å². The molecule has 2 atom stereocenters. The van der Waals surface area contributed by atoms with Crippen LogP contribution in [0.3, 0.4) is 0 Å². The fourth-order valence-electron chi connectivity index (χ4n) is 2.21. The molecule has 1 aromatic carbocycles. The molecule has 0 amide bonds. The van der Waals surface area contributed by atoms with Crippen molar-refractivity contribution < 1.29 is 9.66 Å². The van der Waals surface area contributed by atoms with Crippen molar-refractivity contribution in [1.29, 1.82) is 0 Å². The van der Waals surface area contributed by atoms with Gasteiger partial charge in [0.05, 0.1) is 17.1 Å². The quantitative estimate of drug-likeness (QED) is 0.659. The topological polar surface area (TPSA) is 64.4 Å². The largest absolute Gasteiger partial charge is 0.377 e. The maximum absolute atomic E-state index is 10.9. The van der Waals surface area contributed by atoms with Gasteiger partial charge in [-0.3, -0.25) is 10.1 Å². The standard InChI is InChI=1S/C13H18N2O3/c1-9-3-6-13(15(16)17)12(7-9)14-8-11-5-4-10(2)18-11/h3,6-7,10-11,14H,4-5,8H2,1-2H3. The molecule has 1 N–H and O–H groups in total. The molecule has 1 heterocycles. The van der Waals surface area contributed by atoms with Gasteiger partial charge in [-0.15, -0.1) is 0 Å². The fraction of sp³-hybridized carbons (Fsp3) is 0.538. The third-order valence-electron chi connectivity index (χ3n) is 3.19. The molecule has 1 aliphatic heterocycles. The van der Waals surface area contributed by atoms with Gasteiger partial charge in [0.15, 0.2) is 0 Å². The first-order valence-corrected chi connectivity index (χ1v) is 6.20. The molecule has 0 radical (unpaired) electrons. The highest BCUT2D eigenvalue weighted by Gasteiger charge is 2.22. The molecular formula is C13H18N2O3. The van der Waals surface area contributed by atoms with Crippen LogP contribution in [0, 0.1) is 17.0 Å². The van der Waals surface area contributed by atoms with Crippen LogP contribution in [0.1, 0.15) is 25.3 Å². The molecule has 1 aliphatic rings. The molecule has 5 heteroatoms. The van der Waals surface area contributed by atoms with Gasteiger partial charge in [0, 0.05) is 12.6 Å². The van der Waals surface area contributed by atoms with Gasteiger partial charge in [0.1, 0.15) is 5.69 Å². The number of ether oxygens (including phenoxy) is 1. The maximum atomic E-state index is 10.9. The number of nitro groups is 1. The van der Waals surface area contributed by atoms with Crippen LogP contribution in [0.25, 0.3) is 0 Å². The SMILES string of the molecule is Cc1ccc([N+](=O)[O-])c(NCC2CCC(C)O2)c1. The predicted octanol–water partition coefficient (Wildman–Crippen LogP) is 2.88. The van der Waals surface area contributed by atoms with Gasteiger partial charge in [-0.25, -0.2) is 0 Å². The third kappa shape index (κ3) is 2.98. The van der Waals surface area contributed by atoms with Gasteiger partial charge in [0.2, 0.25) is 0 Å². The zero-order valence-electron chi connectivity index (χ0n) is 10.7. The van der Waals surface area contributed by atoms with Crippen molar-refractivity contribution in [2.24, 2.45) is 0 Å². The van der Waals surface area contributed by atoms with E-state index in [1.807, 2.05) is 6.92 Å². The van der Waals surface area contributed by atoms with Crippen molar-refractivity contribution in [2.45, 2.75) is 38.9 Å². The molecule has 1 aromatic rings. The lowest BCUT2D eigenvalue weighted by atomic mass is 10.1. The number of hydrogen-bond donors (Lipinski definition) is 1. The Hall–Kier alpha value is -1.62. The summed E-state index contributed by atoms with van der Waals surface area (Å²) in [6, 6.07) is 5.09. The fourth-order valence-corrected chi connectivity index (χ4v) is 2.21. The first-order chi connectivity index (χ1) is 8.56. The lowest BCUT2D eigenvalue weighted by Gasteiger charge is -2.13. The third-order valence-corrected chi connectivity index (χ3v) is 3.19. The zero-order valence-corrected chi connectivity index (χ0v) is 10.7. The van der Waals surface area contributed by atoms with Crippen LogP contribution in [-0.4, -0.2) is 23.7 Å². The van der Waals surface area contributed by atoms with Gasteiger partial charge in [-0.1, -0.05) is 6.07 Å². The molecule has 0 aliphatic carbocycles. The summed E-state index contributed by atoms with van der Waals surface area (Å²) >= 11 is 0. The highest BCUT2D eigenvalue weighted by atomic mass is 16.6. The summed E-state index contributed by atoms with van der Waals surface area (Å²) < 4.78 is 5.68. The number of anilines is 1. The van der Waals surface area contributed by atoms with E-state index < -0.39 is 0 Å². The number of nitro benzene ring substituents is 1. The Bertz CT molecular complexity index is 448. The number of nitrogens with zero attached hydrogens (tertiary/aromatic N) is 1. The van der Waals surface area contributed by atoms with Crippen molar-refractivity contribution in [3.63, 3.8) is 0 Å². The monoisotopic (exact) mass is 250 g/mol. The van der Waals surface area contributed by atoms with Gasteiger partial charge < -0.3 is 10.1 Å². The summed E-state index contributed by atoms with van der Waals surface area (Å²) in [6.07, 6.45) is 2.51. The second-order valence-corrected chi connectivity index (χ2v) is 4.80. The minimum absolute atomic E-state index is 0.117. The highest BCUT2D eigenvalue weighted by molar-refractivity contribution is 5.62. The average molecular weight is 250 g/mol. The number of nitrogens with one attached hydrogen (secondary N) is 1. The lowest BCUT2D eigenvalue weighted by molar-refractivity contribution is -0.384. The minimum atomic E-state index is -0.361. The molecule has 98 valence electrons. The van der Waals surface area contributed by atoms with E-state index in [4.69, 9.17) is 4.74 Å². The molecule has 1 fully saturated rings. The zero-order chi connectivity index (χ0) is 13.1. The molecule has 2 unspecified atom stereocenters. The second kappa shape index (κ2) is 5.35. The summed E-state index contributed by atoms with van der Waals surface area (Å²) in [4.78, 5) is 10.6. The first kappa shape index (κ1) is 12.8. The summed E-state index contributed by atoms with van der Waals surface area (Å²) in [6.45, 7) is 4.59. The average Bonchev–Trinajstić information content (AvgIpc) is 2.72. The van der Waals surface area contributed by atoms with Crippen LogP contribution in [-0.2, 0) is 4.74 Å². The number of hydrogen-bond acceptors (Lipinski definition) is 4. The highest BCUT2D eigenvalue weighted by Crippen LogP contribution is 2.26. The summed E-state index contributed by atoms with van der Waals surface area (Å²) in [5, 5.41) is 14.0. The van der Waals surface area contributed by atoms with Crippen LogP contribution in [0.5, 0.6) is 0 Å². The Morgan fingerprint density at radius 3 is 2.89 bits per heavy atom. The van der Waals surface area contributed by atoms with Crippen molar-refractivity contribution in [3.8, 4) is 0 Å². The second-order valence-electron chi connectivity index (χ2n) is 4.80. The Balaban J connectivity index is 2.04. The van der Waals surface area contributed by atoms with Crippen LogP contribution in [0.4, 0.5) is 11.4 Å². The molecule has 0 spiro atoms. The smallest absolute Gasteiger partial charge is 0.292 e. The Labute approximate surface area is 106 Å². The maximum Gasteiger partial charge on any atom is 0.292 e. The van der Waals surface area contributed by atoms with Crippen molar-refractivity contribution in [3.05, 3.63) is 33.9 Å². The molecule has 0 saturated carbocycles. The van der Waals surface area contributed by atoms with E-state index in [9.17, 15) is 10.1 Å². The predicted molar refractivity (Wildman–Crippen MR) is 69.9 cm³/mol. The van der Waals surface area contributed by atoms with Crippen LogP contribution < -0.4 is 5.32 Å². The molecule has 0 bridgehead atoms. The van der Waals surface area contributed by atoms with Crippen LogP contribution in [0.15, 0.2) is 18.2 Å².